The van der Waals surface area contributed by atoms with E-state index in [9.17, 15) is 13.2 Å². The lowest BCUT2D eigenvalue weighted by molar-refractivity contribution is 0.100. The monoisotopic (exact) mass is 316 g/mol. The van der Waals surface area contributed by atoms with Crippen LogP contribution in [0.3, 0.4) is 0 Å². The third-order valence-corrected chi connectivity index (χ3v) is 5.54. The van der Waals surface area contributed by atoms with E-state index in [1.165, 1.54) is 0 Å². The van der Waals surface area contributed by atoms with Crippen LogP contribution in [0.1, 0.15) is 28.8 Å². The van der Waals surface area contributed by atoms with Gasteiger partial charge in [-0.25, -0.2) is 8.42 Å². The van der Waals surface area contributed by atoms with Gasteiger partial charge in [-0.05, 0) is 30.5 Å². The van der Waals surface area contributed by atoms with Gasteiger partial charge in [-0.15, -0.1) is 0 Å². The van der Waals surface area contributed by atoms with Crippen LogP contribution in [0.5, 0.6) is 0 Å². The maximum Gasteiger partial charge on any atom is 0.248 e. The van der Waals surface area contributed by atoms with E-state index < -0.39 is 15.7 Å². The molecule has 0 atom stereocenters. The average Bonchev–Trinajstić information content (AvgIpc) is 2.38. The van der Waals surface area contributed by atoms with Gasteiger partial charge in [0.25, 0.3) is 0 Å². The highest BCUT2D eigenvalue weighted by molar-refractivity contribution is 7.91. The first kappa shape index (κ1) is 15.3. The summed E-state index contributed by atoms with van der Waals surface area (Å²) in [4.78, 5) is 11.0. The molecule has 1 aromatic carbocycles. The van der Waals surface area contributed by atoms with E-state index in [0.717, 1.165) is 5.56 Å². The Labute approximate surface area is 123 Å². The largest absolute Gasteiger partial charge is 0.366 e. The smallest absolute Gasteiger partial charge is 0.248 e. The number of amides is 1. The third kappa shape index (κ3) is 3.94. The van der Waals surface area contributed by atoms with Crippen LogP contribution in [-0.4, -0.2) is 31.9 Å². The molecule has 1 aromatic rings. The molecule has 3 N–H and O–H groups in total. The Morgan fingerprint density at radius 3 is 2.55 bits per heavy atom. The van der Waals surface area contributed by atoms with Gasteiger partial charge in [-0.2, -0.15) is 0 Å². The van der Waals surface area contributed by atoms with Crippen molar-refractivity contribution in [2.75, 3.05) is 11.5 Å². The number of hydrogen-bond donors (Lipinski definition) is 2. The number of nitrogens with two attached hydrogens (primary N) is 1. The van der Waals surface area contributed by atoms with Crippen molar-refractivity contribution in [3.8, 4) is 0 Å². The first-order valence-corrected chi connectivity index (χ1v) is 8.59. The molecule has 20 heavy (non-hydrogen) atoms. The second-order valence-corrected chi connectivity index (χ2v) is 7.69. The molecule has 1 amide bonds. The summed E-state index contributed by atoms with van der Waals surface area (Å²) in [6, 6.07) is 5.13. The molecule has 0 radical (unpaired) electrons. The number of nitrogens with one attached hydrogen (secondary N) is 1. The summed E-state index contributed by atoms with van der Waals surface area (Å²) in [6.45, 7) is 0.544. The van der Waals surface area contributed by atoms with Gasteiger partial charge < -0.3 is 11.1 Å². The Kier molecular flexibility index (Phi) is 4.67. The summed E-state index contributed by atoms with van der Waals surface area (Å²) in [7, 11) is -2.84. The Hall–Kier alpha value is -1.11. The van der Waals surface area contributed by atoms with Crippen LogP contribution < -0.4 is 11.1 Å². The number of halogens is 1. The molecule has 0 saturated carbocycles. The summed E-state index contributed by atoms with van der Waals surface area (Å²) < 4.78 is 22.7. The SMILES string of the molecule is NC(=O)c1ccc(CNC2CCS(=O)(=O)CC2)c(Cl)c1. The van der Waals surface area contributed by atoms with E-state index in [2.05, 4.69) is 5.32 Å². The predicted molar refractivity (Wildman–Crippen MR) is 78.5 cm³/mol. The zero-order valence-electron chi connectivity index (χ0n) is 10.9. The molecule has 5 nitrogen and oxygen atoms in total. The number of rotatable bonds is 4. The van der Waals surface area contributed by atoms with Crippen molar-refractivity contribution >= 4 is 27.3 Å². The second kappa shape index (κ2) is 6.11. The lowest BCUT2D eigenvalue weighted by Crippen LogP contribution is -2.37. The maximum atomic E-state index is 11.3. The minimum Gasteiger partial charge on any atom is -0.366 e. The summed E-state index contributed by atoms with van der Waals surface area (Å²) in [6.07, 6.45) is 1.25. The van der Waals surface area contributed by atoms with Crippen LogP contribution in [0.15, 0.2) is 18.2 Å². The van der Waals surface area contributed by atoms with Gasteiger partial charge >= 0.3 is 0 Å². The standard InChI is InChI=1S/C13H17ClN2O3S/c14-12-7-9(13(15)17)1-2-10(12)8-16-11-3-5-20(18,19)6-4-11/h1-2,7,11,16H,3-6,8H2,(H2,15,17). The van der Waals surface area contributed by atoms with Gasteiger partial charge in [-0.3, -0.25) is 4.79 Å². The molecule has 0 aliphatic carbocycles. The molecule has 1 aliphatic rings. The van der Waals surface area contributed by atoms with Crippen LogP contribution in [0.2, 0.25) is 5.02 Å². The molecule has 0 bridgehead atoms. The van der Waals surface area contributed by atoms with Crippen LogP contribution in [0, 0.1) is 0 Å². The van der Waals surface area contributed by atoms with Crippen molar-refractivity contribution in [3.05, 3.63) is 34.3 Å². The number of primary amides is 1. The lowest BCUT2D eigenvalue weighted by Gasteiger charge is -2.23. The van der Waals surface area contributed by atoms with E-state index >= 15 is 0 Å². The predicted octanol–water partition coefficient (Wildman–Crippen LogP) is 1.11. The molecule has 1 aliphatic heterocycles. The lowest BCUT2D eigenvalue weighted by atomic mass is 10.1. The van der Waals surface area contributed by atoms with Gasteiger partial charge in [0.15, 0.2) is 0 Å². The zero-order valence-corrected chi connectivity index (χ0v) is 12.5. The first-order chi connectivity index (χ1) is 9.37. The van der Waals surface area contributed by atoms with E-state index in [-0.39, 0.29) is 17.5 Å². The number of benzene rings is 1. The summed E-state index contributed by atoms with van der Waals surface area (Å²) in [5.41, 5.74) is 6.42. The minimum atomic E-state index is -2.84. The van der Waals surface area contributed by atoms with Crippen LogP contribution in [-0.2, 0) is 16.4 Å². The highest BCUT2D eigenvalue weighted by atomic mass is 35.5. The molecule has 0 spiro atoms. The van der Waals surface area contributed by atoms with E-state index in [1.807, 2.05) is 0 Å². The topological polar surface area (TPSA) is 89.3 Å². The third-order valence-electron chi connectivity index (χ3n) is 3.47. The second-order valence-electron chi connectivity index (χ2n) is 4.98. The molecule has 2 rings (SSSR count). The first-order valence-electron chi connectivity index (χ1n) is 6.39. The van der Waals surface area contributed by atoms with Crippen molar-refractivity contribution in [1.29, 1.82) is 0 Å². The fourth-order valence-corrected chi connectivity index (χ4v) is 3.93. The van der Waals surface area contributed by atoms with Crippen LogP contribution in [0.4, 0.5) is 0 Å². The van der Waals surface area contributed by atoms with E-state index in [1.54, 1.807) is 18.2 Å². The van der Waals surface area contributed by atoms with Crippen molar-refractivity contribution < 1.29 is 13.2 Å². The number of carbonyl (C=O) groups is 1. The molecule has 0 aromatic heterocycles. The van der Waals surface area contributed by atoms with Gasteiger partial charge in [-0.1, -0.05) is 17.7 Å². The highest BCUT2D eigenvalue weighted by Gasteiger charge is 2.23. The Balaban J connectivity index is 1.93. The Morgan fingerprint density at radius 2 is 2.00 bits per heavy atom. The summed E-state index contributed by atoms with van der Waals surface area (Å²) in [5, 5.41) is 3.78. The molecule has 1 saturated heterocycles. The molecular weight excluding hydrogens is 300 g/mol. The van der Waals surface area contributed by atoms with E-state index in [4.69, 9.17) is 17.3 Å². The summed E-state index contributed by atoms with van der Waals surface area (Å²) >= 11 is 6.09. The Bertz CT molecular complexity index is 602. The van der Waals surface area contributed by atoms with Crippen LogP contribution in [0.25, 0.3) is 0 Å². The molecule has 0 unspecified atom stereocenters. The normalized spacial score (nSPS) is 18.9. The summed E-state index contributed by atoms with van der Waals surface area (Å²) in [5.74, 6) is -0.0400. The Morgan fingerprint density at radius 1 is 1.35 bits per heavy atom. The van der Waals surface area contributed by atoms with Gasteiger partial charge in [0.2, 0.25) is 5.91 Å². The molecular formula is C13H17ClN2O3S. The molecule has 1 fully saturated rings. The average molecular weight is 317 g/mol. The van der Waals surface area contributed by atoms with Crippen LogP contribution >= 0.6 is 11.6 Å². The van der Waals surface area contributed by atoms with Gasteiger partial charge in [0, 0.05) is 23.2 Å². The fraction of sp³-hybridized carbons (Fsp3) is 0.462. The number of hydrogen-bond acceptors (Lipinski definition) is 4. The zero-order chi connectivity index (χ0) is 14.8. The number of sulfone groups is 1. The van der Waals surface area contributed by atoms with E-state index in [0.29, 0.717) is 30.0 Å². The van der Waals surface area contributed by atoms with Crippen molar-refractivity contribution in [2.45, 2.75) is 25.4 Å². The van der Waals surface area contributed by atoms with Crippen molar-refractivity contribution in [1.82, 2.24) is 5.32 Å². The number of carbonyl (C=O) groups excluding carboxylic acids is 1. The van der Waals surface area contributed by atoms with Crippen molar-refractivity contribution in [3.63, 3.8) is 0 Å². The van der Waals surface area contributed by atoms with Crippen molar-refractivity contribution in [2.24, 2.45) is 5.73 Å². The molecule has 7 heteroatoms. The quantitative estimate of drug-likeness (QED) is 0.870. The highest BCUT2D eigenvalue weighted by Crippen LogP contribution is 2.19. The van der Waals surface area contributed by atoms with Gasteiger partial charge in [0.1, 0.15) is 9.84 Å². The molecule has 1 heterocycles. The minimum absolute atomic E-state index is 0.186. The maximum absolute atomic E-state index is 11.3. The fourth-order valence-electron chi connectivity index (χ4n) is 2.19. The molecule has 110 valence electrons. The van der Waals surface area contributed by atoms with Gasteiger partial charge in [0.05, 0.1) is 11.5 Å².